The summed E-state index contributed by atoms with van der Waals surface area (Å²) in [5.74, 6) is 1.09. The zero-order valence-electron chi connectivity index (χ0n) is 21.4. The fourth-order valence-electron chi connectivity index (χ4n) is 5.68. The normalized spacial score (nSPS) is 19.7. The van der Waals surface area contributed by atoms with E-state index < -0.39 is 5.56 Å². The van der Waals surface area contributed by atoms with E-state index in [4.69, 9.17) is 9.72 Å². The molecule has 3 heterocycles. The van der Waals surface area contributed by atoms with Crippen LogP contribution in [0, 0.1) is 5.92 Å². The number of piperidine rings is 1. The van der Waals surface area contributed by atoms with E-state index in [0.717, 1.165) is 62.6 Å². The third-order valence-electron chi connectivity index (χ3n) is 7.96. The van der Waals surface area contributed by atoms with Crippen molar-refractivity contribution in [2.24, 2.45) is 5.92 Å². The molecule has 1 unspecified atom stereocenters. The van der Waals surface area contributed by atoms with Crippen molar-refractivity contribution in [3.8, 4) is 22.8 Å². The summed E-state index contributed by atoms with van der Waals surface area (Å²) in [7, 11) is 0. The maximum atomic E-state index is 13.1. The van der Waals surface area contributed by atoms with E-state index in [1.54, 1.807) is 18.2 Å². The molecule has 38 heavy (non-hydrogen) atoms. The van der Waals surface area contributed by atoms with Gasteiger partial charge in [-0.3, -0.25) is 9.59 Å². The number of rotatable bonds is 7. The summed E-state index contributed by atoms with van der Waals surface area (Å²) in [5.41, 5.74) is 2.17. The Bertz CT molecular complexity index is 1370. The standard InChI is InChI=1S/C29H34N4O4.ClH/c34-24-8-3-9-25(37-16-17-10-11-17)26(24)23-14-20(18-5-4-12-30-15-18)21-13-22(29(36)33-27(21)32-23)28(35)31-19-6-1-2-7-19;/h3,8-9,13-14,17-19,30,34H,1-2,4-7,10-12,15-16H2,(H,31,35)(H,32,33,36);1H. The van der Waals surface area contributed by atoms with E-state index in [1.807, 2.05) is 12.1 Å². The maximum Gasteiger partial charge on any atom is 0.262 e. The molecule has 1 saturated heterocycles. The van der Waals surface area contributed by atoms with Gasteiger partial charge in [-0.05, 0) is 86.7 Å². The zero-order valence-corrected chi connectivity index (χ0v) is 22.2. The van der Waals surface area contributed by atoms with Crippen molar-refractivity contribution >= 4 is 29.3 Å². The van der Waals surface area contributed by atoms with E-state index in [9.17, 15) is 14.7 Å². The van der Waals surface area contributed by atoms with Crippen LogP contribution in [0.15, 0.2) is 35.1 Å². The van der Waals surface area contributed by atoms with Crippen LogP contribution in [0.3, 0.4) is 0 Å². The Balaban J connectivity index is 0.00000294. The smallest absolute Gasteiger partial charge is 0.262 e. The lowest BCUT2D eigenvalue weighted by Gasteiger charge is -2.25. The highest BCUT2D eigenvalue weighted by molar-refractivity contribution is 5.98. The fourth-order valence-corrected chi connectivity index (χ4v) is 5.68. The van der Waals surface area contributed by atoms with Gasteiger partial charge in [-0.1, -0.05) is 18.9 Å². The number of H-pyrrole nitrogens is 1. The maximum absolute atomic E-state index is 13.1. The van der Waals surface area contributed by atoms with E-state index >= 15 is 0 Å². The molecule has 1 aromatic carbocycles. The Morgan fingerprint density at radius 2 is 1.92 bits per heavy atom. The van der Waals surface area contributed by atoms with Crippen LogP contribution in [-0.2, 0) is 0 Å². The molecule has 3 aromatic rings. The monoisotopic (exact) mass is 538 g/mol. The second-order valence-electron chi connectivity index (χ2n) is 10.8. The molecule has 3 aliphatic rings. The number of carbonyl (C=O) groups excluding carboxylic acids is 1. The molecule has 2 saturated carbocycles. The first-order valence-corrected chi connectivity index (χ1v) is 13.6. The molecular weight excluding hydrogens is 504 g/mol. The zero-order chi connectivity index (χ0) is 25.4. The van der Waals surface area contributed by atoms with E-state index in [0.29, 0.717) is 35.2 Å². The third-order valence-corrected chi connectivity index (χ3v) is 7.96. The predicted molar refractivity (Wildman–Crippen MR) is 149 cm³/mol. The number of carbonyl (C=O) groups is 1. The van der Waals surface area contributed by atoms with Crippen LogP contribution in [-0.4, -0.2) is 46.7 Å². The largest absolute Gasteiger partial charge is 0.507 e. The first-order chi connectivity index (χ1) is 18.1. The Labute approximate surface area is 228 Å². The van der Waals surface area contributed by atoms with Crippen LogP contribution < -0.4 is 20.9 Å². The summed E-state index contributed by atoms with van der Waals surface area (Å²) >= 11 is 0. The van der Waals surface area contributed by atoms with E-state index in [-0.39, 0.29) is 41.6 Å². The van der Waals surface area contributed by atoms with Gasteiger partial charge in [0, 0.05) is 18.0 Å². The summed E-state index contributed by atoms with van der Waals surface area (Å²) in [6.07, 6.45) is 8.46. The summed E-state index contributed by atoms with van der Waals surface area (Å²) in [5, 5.41) is 18.1. The number of nitrogens with one attached hydrogen (secondary N) is 3. The Morgan fingerprint density at radius 3 is 2.66 bits per heavy atom. The number of halogens is 1. The van der Waals surface area contributed by atoms with Crippen LogP contribution in [0.5, 0.6) is 11.5 Å². The number of aromatic hydroxyl groups is 1. The molecule has 6 rings (SSSR count). The highest BCUT2D eigenvalue weighted by Gasteiger charge is 2.26. The number of hydrogen-bond acceptors (Lipinski definition) is 6. The lowest BCUT2D eigenvalue weighted by Crippen LogP contribution is -2.36. The molecule has 4 N–H and O–H groups in total. The number of aromatic amines is 1. The first-order valence-electron chi connectivity index (χ1n) is 13.6. The molecule has 2 aromatic heterocycles. The predicted octanol–water partition coefficient (Wildman–Crippen LogP) is 4.65. The van der Waals surface area contributed by atoms with Gasteiger partial charge in [-0.25, -0.2) is 4.98 Å². The molecule has 9 heteroatoms. The van der Waals surface area contributed by atoms with Crippen molar-refractivity contribution in [3.05, 3.63) is 51.8 Å². The van der Waals surface area contributed by atoms with Gasteiger partial charge in [0.05, 0.1) is 17.9 Å². The van der Waals surface area contributed by atoms with Gasteiger partial charge in [0.25, 0.3) is 11.5 Å². The van der Waals surface area contributed by atoms with Gasteiger partial charge in [0.15, 0.2) is 0 Å². The summed E-state index contributed by atoms with van der Waals surface area (Å²) in [6, 6.07) is 9.08. The Morgan fingerprint density at radius 1 is 1.11 bits per heavy atom. The van der Waals surface area contributed by atoms with Gasteiger partial charge in [-0.15, -0.1) is 12.4 Å². The van der Waals surface area contributed by atoms with Crippen LogP contribution >= 0.6 is 12.4 Å². The second kappa shape index (κ2) is 11.3. The van der Waals surface area contributed by atoms with E-state index in [1.165, 1.54) is 12.8 Å². The number of pyridine rings is 2. The molecule has 0 radical (unpaired) electrons. The average molecular weight is 539 g/mol. The van der Waals surface area contributed by atoms with Crippen molar-refractivity contribution in [1.82, 2.24) is 20.6 Å². The number of ether oxygens (including phenoxy) is 1. The van der Waals surface area contributed by atoms with Gasteiger partial charge in [0.2, 0.25) is 0 Å². The molecular formula is C29H35ClN4O4. The fraction of sp³-hybridized carbons (Fsp3) is 0.483. The molecule has 202 valence electrons. The molecule has 1 atom stereocenters. The van der Waals surface area contributed by atoms with Crippen LogP contribution in [0.1, 0.15) is 73.2 Å². The average Bonchev–Trinajstić information content (AvgIpc) is 3.60. The van der Waals surface area contributed by atoms with Gasteiger partial charge >= 0.3 is 0 Å². The molecule has 0 bridgehead atoms. The highest BCUT2D eigenvalue weighted by atomic mass is 35.5. The third kappa shape index (κ3) is 5.52. The lowest BCUT2D eigenvalue weighted by atomic mass is 9.88. The summed E-state index contributed by atoms with van der Waals surface area (Å²) in [4.78, 5) is 33.8. The van der Waals surface area contributed by atoms with Crippen molar-refractivity contribution in [2.45, 2.75) is 63.3 Å². The van der Waals surface area contributed by atoms with Crippen molar-refractivity contribution < 1.29 is 14.6 Å². The Hall–Kier alpha value is -3.10. The molecule has 1 aliphatic heterocycles. The molecule has 0 spiro atoms. The van der Waals surface area contributed by atoms with Crippen molar-refractivity contribution in [2.75, 3.05) is 19.7 Å². The number of benzene rings is 1. The van der Waals surface area contributed by atoms with Crippen molar-refractivity contribution in [3.63, 3.8) is 0 Å². The van der Waals surface area contributed by atoms with Crippen LogP contribution in [0.4, 0.5) is 0 Å². The Kier molecular flexibility index (Phi) is 7.91. The van der Waals surface area contributed by atoms with Crippen molar-refractivity contribution in [1.29, 1.82) is 0 Å². The van der Waals surface area contributed by atoms with Gasteiger partial charge in [-0.2, -0.15) is 0 Å². The van der Waals surface area contributed by atoms with E-state index in [2.05, 4.69) is 15.6 Å². The molecule has 1 amide bonds. The lowest BCUT2D eigenvalue weighted by molar-refractivity contribution is 0.0936. The minimum Gasteiger partial charge on any atom is -0.507 e. The topological polar surface area (TPSA) is 116 Å². The number of aromatic nitrogens is 2. The SMILES string of the molecule is Cl.O=C(NC1CCCC1)c1cc2c(C3CCCNC3)cc(-c3c(O)cccc3OCC3CC3)nc2[nH]c1=O. The molecule has 8 nitrogen and oxygen atoms in total. The number of phenols is 1. The van der Waals surface area contributed by atoms with Crippen LogP contribution in [0.25, 0.3) is 22.3 Å². The van der Waals surface area contributed by atoms with Crippen LogP contribution in [0.2, 0.25) is 0 Å². The summed E-state index contributed by atoms with van der Waals surface area (Å²) < 4.78 is 6.09. The number of fused-ring (bicyclic) bond motifs is 1. The highest BCUT2D eigenvalue weighted by Crippen LogP contribution is 2.41. The number of hydrogen-bond donors (Lipinski definition) is 4. The van der Waals surface area contributed by atoms with Gasteiger partial charge < -0.3 is 25.5 Å². The quantitative estimate of drug-likeness (QED) is 0.348. The van der Waals surface area contributed by atoms with Gasteiger partial charge in [0.1, 0.15) is 22.7 Å². The second-order valence-corrected chi connectivity index (χ2v) is 10.8. The molecule has 2 aliphatic carbocycles. The summed E-state index contributed by atoms with van der Waals surface area (Å²) in [6.45, 7) is 2.38. The minimum absolute atomic E-state index is 0. The number of amides is 1. The first kappa shape index (κ1) is 26.5. The molecule has 3 fully saturated rings. The number of phenolic OH excluding ortho intramolecular Hbond substituents is 1. The number of nitrogens with zero attached hydrogens (tertiary/aromatic N) is 1. The minimum atomic E-state index is -0.456.